The van der Waals surface area contributed by atoms with Gasteiger partial charge in [-0.05, 0) is 17.5 Å². The number of halogens is 3. The summed E-state index contributed by atoms with van der Waals surface area (Å²) in [7, 11) is -3.38. The van der Waals surface area contributed by atoms with Gasteiger partial charge in [-0.1, -0.05) is 0 Å². The van der Waals surface area contributed by atoms with Gasteiger partial charge in [-0.2, -0.15) is 17.5 Å². The molecule has 1 amide bonds. The molecule has 1 aliphatic rings. The first-order chi connectivity index (χ1) is 10.1. The van der Waals surface area contributed by atoms with Gasteiger partial charge < -0.3 is 5.32 Å². The molecule has 6 nitrogen and oxygen atoms in total. The van der Waals surface area contributed by atoms with Crippen LogP contribution in [-0.2, 0) is 23.0 Å². The van der Waals surface area contributed by atoms with Crippen LogP contribution in [0.2, 0.25) is 0 Å². The standard InChI is InChI=1S/C12H14F3N3O3S/c1-22(20,21)18-3-2-9-8(6-18)4-16-5-10(9)11(19)17-7-12(13,14)15/h4-5H,2-3,6-7H2,1H3,(H,17,19). The predicted molar refractivity (Wildman–Crippen MR) is 71.6 cm³/mol. The van der Waals surface area contributed by atoms with Crippen LogP contribution in [0.4, 0.5) is 13.2 Å². The molecule has 122 valence electrons. The zero-order chi connectivity index (χ0) is 16.5. The number of amides is 1. The molecule has 0 radical (unpaired) electrons. The number of sulfonamides is 1. The summed E-state index contributed by atoms with van der Waals surface area (Å²) in [6.07, 6.45) is -0.552. The summed E-state index contributed by atoms with van der Waals surface area (Å²) in [5.74, 6) is -0.866. The molecule has 0 aliphatic carbocycles. The van der Waals surface area contributed by atoms with Gasteiger partial charge in [0.05, 0.1) is 11.8 Å². The Hall–Kier alpha value is -1.68. The topological polar surface area (TPSA) is 79.4 Å². The number of aromatic nitrogens is 1. The molecule has 0 atom stereocenters. The molecule has 1 aromatic rings. The molecule has 0 saturated heterocycles. The third kappa shape index (κ3) is 3.95. The number of fused-ring (bicyclic) bond motifs is 1. The van der Waals surface area contributed by atoms with Crippen molar-refractivity contribution in [2.45, 2.75) is 19.1 Å². The lowest BCUT2D eigenvalue weighted by Crippen LogP contribution is -2.38. The SMILES string of the molecule is CS(=O)(=O)N1CCc2c(cncc2C(=O)NCC(F)(F)F)C1. The van der Waals surface area contributed by atoms with Crippen LogP contribution in [0.5, 0.6) is 0 Å². The van der Waals surface area contributed by atoms with Crippen LogP contribution in [0.25, 0.3) is 0 Å². The Balaban J connectivity index is 2.22. The molecule has 22 heavy (non-hydrogen) atoms. The van der Waals surface area contributed by atoms with Crippen molar-refractivity contribution in [1.82, 2.24) is 14.6 Å². The Morgan fingerprint density at radius 1 is 1.41 bits per heavy atom. The maximum atomic E-state index is 12.1. The van der Waals surface area contributed by atoms with Crippen LogP contribution in [0, 0.1) is 0 Å². The smallest absolute Gasteiger partial charge is 0.343 e. The lowest BCUT2D eigenvalue weighted by Gasteiger charge is -2.27. The number of carbonyl (C=O) groups is 1. The van der Waals surface area contributed by atoms with E-state index in [2.05, 4.69) is 4.98 Å². The van der Waals surface area contributed by atoms with E-state index in [-0.39, 0.29) is 25.1 Å². The number of nitrogens with one attached hydrogen (secondary N) is 1. The fraction of sp³-hybridized carbons (Fsp3) is 0.500. The highest BCUT2D eigenvalue weighted by Crippen LogP contribution is 2.23. The van der Waals surface area contributed by atoms with E-state index in [1.165, 1.54) is 16.7 Å². The van der Waals surface area contributed by atoms with Crippen LogP contribution < -0.4 is 5.32 Å². The lowest BCUT2D eigenvalue weighted by atomic mass is 9.98. The van der Waals surface area contributed by atoms with E-state index in [9.17, 15) is 26.4 Å². The number of pyridine rings is 1. The fourth-order valence-corrected chi connectivity index (χ4v) is 3.02. The minimum absolute atomic E-state index is 0.0508. The Kier molecular flexibility index (Phi) is 4.43. The van der Waals surface area contributed by atoms with Crippen LogP contribution in [-0.4, -0.2) is 49.1 Å². The van der Waals surface area contributed by atoms with Gasteiger partial charge in [0, 0.05) is 25.5 Å². The van der Waals surface area contributed by atoms with Crippen molar-refractivity contribution in [2.24, 2.45) is 0 Å². The second-order valence-electron chi connectivity index (χ2n) is 4.97. The van der Waals surface area contributed by atoms with Crippen molar-refractivity contribution < 1.29 is 26.4 Å². The van der Waals surface area contributed by atoms with Crippen LogP contribution in [0.1, 0.15) is 21.5 Å². The molecule has 0 aromatic carbocycles. The molecule has 1 aliphatic heterocycles. The maximum absolute atomic E-state index is 12.1. The van der Waals surface area contributed by atoms with Gasteiger partial charge in [-0.15, -0.1) is 0 Å². The molecule has 0 spiro atoms. The van der Waals surface area contributed by atoms with Gasteiger partial charge in [0.15, 0.2) is 0 Å². The molecule has 0 fully saturated rings. The number of alkyl halides is 3. The van der Waals surface area contributed by atoms with Gasteiger partial charge >= 0.3 is 6.18 Å². The molecule has 2 heterocycles. The van der Waals surface area contributed by atoms with Crippen molar-refractivity contribution in [3.05, 3.63) is 29.1 Å². The Morgan fingerprint density at radius 3 is 2.68 bits per heavy atom. The van der Waals surface area contributed by atoms with Crippen LogP contribution in [0.15, 0.2) is 12.4 Å². The highest BCUT2D eigenvalue weighted by molar-refractivity contribution is 7.88. The molecule has 10 heteroatoms. The van der Waals surface area contributed by atoms with Gasteiger partial charge in [-0.3, -0.25) is 9.78 Å². The van der Waals surface area contributed by atoms with E-state index < -0.39 is 28.7 Å². The van der Waals surface area contributed by atoms with Crippen LogP contribution in [0.3, 0.4) is 0 Å². The van der Waals surface area contributed by atoms with E-state index in [1.54, 1.807) is 5.32 Å². The molecule has 1 N–H and O–H groups in total. The fourth-order valence-electron chi connectivity index (χ4n) is 2.22. The van der Waals surface area contributed by atoms with Crippen molar-refractivity contribution in [1.29, 1.82) is 0 Å². The highest BCUT2D eigenvalue weighted by Gasteiger charge is 2.30. The summed E-state index contributed by atoms with van der Waals surface area (Å²) in [5.41, 5.74) is 1.11. The van der Waals surface area contributed by atoms with Gasteiger partial charge in [0.2, 0.25) is 10.0 Å². The second-order valence-corrected chi connectivity index (χ2v) is 6.95. The predicted octanol–water partition coefficient (Wildman–Crippen LogP) is 0.691. The average molecular weight is 337 g/mol. The first-order valence-corrected chi connectivity index (χ1v) is 8.18. The number of nitrogens with zero attached hydrogens (tertiary/aromatic N) is 2. The summed E-state index contributed by atoms with van der Waals surface area (Å²) >= 11 is 0. The lowest BCUT2D eigenvalue weighted by molar-refractivity contribution is -0.123. The van der Waals surface area contributed by atoms with Gasteiger partial charge in [-0.25, -0.2) is 8.42 Å². The Morgan fingerprint density at radius 2 is 2.09 bits per heavy atom. The molecule has 0 bridgehead atoms. The monoisotopic (exact) mass is 337 g/mol. The van der Waals surface area contributed by atoms with Gasteiger partial charge in [0.25, 0.3) is 5.91 Å². The quantitative estimate of drug-likeness (QED) is 0.880. The van der Waals surface area contributed by atoms with Crippen molar-refractivity contribution in [3.63, 3.8) is 0 Å². The number of hydrogen-bond acceptors (Lipinski definition) is 4. The second kappa shape index (κ2) is 5.84. The van der Waals surface area contributed by atoms with E-state index in [0.29, 0.717) is 11.1 Å². The minimum atomic E-state index is -4.50. The first kappa shape index (κ1) is 16.7. The highest BCUT2D eigenvalue weighted by atomic mass is 32.2. The van der Waals surface area contributed by atoms with E-state index in [0.717, 1.165) is 6.26 Å². The molecule has 2 rings (SSSR count). The Labute approximate surface area is 125 Å². The summed E-state index contributed by atoms with van der Waals surface area (Å²) in [6.45, 7) is -1.19. The van der Waals surface area contributed by atoms with E-state index in [4.69, 9.17) is 0 Å². The average Bonchev–Trinajstić information content (AvgIpc) is 2.41. The van der Waals surface area contributed by atoms with E-state index >= 15 is 0 Å². The van der Waals surface area contributed by atoms with Crippen molar-refractivity contribution in [3.8, 4) is 0 Å². The number of hydrogen-bond donors (Lipinski definition) is 1. The van der Waals surface area contributed by atoms with Crippen molar-refractivity contribution in [2.75, 3.05) is 19.3 Å². The summed E-state index contributed by atoms with van der Waals surface area (Å²) in [6, 6.07) is 0. The zero-order valence-corrected chi connectivity index (χ0v) is 12.5. The number of carbonyl (C=O) groups excluding carboxylic acids is 1. The third-order valence-corrected chi connectivity index (χ3v) is 4.52. The molecule has 1 aromatic heterocycles. The summed E-state index contributed by atoms with van der Waals surface area (Å²) in [4.78, 5) is 15.7. The maximum Gasteiger partial charge on any atom is 0.405 e. The molecular weight excluding hydrogens is 323 g/mol. The van der Waals surface area contributed by atoms with Gasteiger partial charge in [0.1, 0.15) is 6.54 Å². The largest absolute Gasteiger partial charge is 0.405 e. The molecule has 0 saturated carbocycles. The normalized spacial score (nSPS) is 16.2. The minimum Gasteiger partial charge on any atom is -0.343 e. The number of rotatable bonds is 3. The zero-order valence-electron chi connectivity index (χ0n) is 11.6. The third-order valence-electron chi connectivity index (χ3n) is 3.27. The van der Waals surface area contributed by atoms with Crippen LogP contribution >= 0.6 is 0 Å². The summed E-state index contributed by atoms with van der Waals surface area (Å²) < 4.78 is 60.7. The van der Waals surface area contributed by atoms with E-state index in [1.807, 2.05) is 0 Å². The molecule has 0 unspecified atom stereocenters. The molecular formula is C12H14F3N3O3S. The van der Waals surface area contributed by atoms with Crippen molar-refractivity contribution >= 4 is 15.9 Å². The first-order valence-electron chi connectivity index (χ1n) is 6.34. The summed E-state index contributed by atoms with van der Waals surface area (Å²) in [5, 5.41) is 1.79. The Bertz CT molecular complexity index is 689.